The van der Waals surface area contributed by atoms with Crippen LogP contribution in [0, 0.1) is 23.7 Å². The highest BCUT2D eigenvalue weighted by atomic mass is 35.5. The number of halogens is 1. The minimum atomic E-state index is 0. The van der Waals surface area contributed by atoms with Gasteiger partial charge in [-0.2, -0.15) is 0 Å². The predicted octanol–water partition coefficient (Wildman–Crippen LogP) is 2.84. The summed E-state index contributed by atoms with van der Waals surface area (Å²) in [5.74, 6) is 2.57. The van der Waals surface area contributed by atoms with Crippen molar-refractivity contribution in [2.24, 2.45) is 23.7 Å². The Morgan fingerprint density at radius 3 is 2.53 bits per heavy atom. The Labute approximate surface area is 124 Å². The third kappa shape index (κ3) is 7.17. The monoisotopic (exact) mass is 290 g/mol. The lowest BCUT2D eigenvalue weighted by atomic mass is 9.85. The molecule has 4 heteroatoms. The molecule has 0 saturated carbocycles. The maximum Gasteiger partial charge on any atom is 0.220 e. The molecule has 0 spiro atoms. The highest BCUT2D eigenvalue weighted by Crippen LogP contribution is 2.22. The molecule has 1 rings (SSSR count). The number of amides is 1. The summed E-state index contributed by atoms with van der Waals surface area (Å²) >= 11 is 0. The molecule has 1 saturated heterocycles. The van der Waals surface area contributed by atoms with Crippen molar-refractivity contribution >= 4 is 18.3 Å². The molecular formula is C15H31ClN2O. The van der Waals surface area contributed by atoms with Crippen LogP contribution in [0.5, 0.6) is 0 Å². The smallest absolute Gasteiger partial charge is 0.220 e. The van der Waals surface area contributed by atoms with Crippen LogP contribution >= 0.6 is 12.4 Å². The SMILES string of the molecule is CC(C)C(C)CNC(=O)CC(C)C1CCCNC1.Cl. The largest absolute Gasteiger partial charge is 0.356 e. The fourth-order valence-corrected chi connectivity index (χ4v) is 2.41. The molecule has 1 aliphatic rings. The highest BCUT2D eigenvalue weighted by molar-refractivity contribution is 5.85. The Bertz CT molecular complexity index is 253. The van der Waals surface area contributed by atoms with Gasteiger partial charge in [0.25, 0.3) is 0 Å². The van der Waals surface area contributed by atoms with Crippen LogP contribution in [0.1, 0.15) is 47.0 Å². The van der Waals surface area contributed by atoms with E-state index in [4.69, 9.17) is 0 Å². The number of rotatable bonds is 6. The fraction of sp³-hybridized carbons (Fsp3) is 0.933. The summed E-state index contributed by atoms with van der Waals surface area (Å²) in [5.41, 5.74) is 0. The van der Waals surface area contributed by atoms with Gasteiger partial charge >= 0.3 is 0 Å². The molecule has 0 bridgehead atoms. The lowest BCUT2D eigenvalue weighted by Gasteiger charge is -2.28. The van der Waals surface area contributed by atoms with Gasteiger partial charge in [0, 0.05) is 13.0 Å². The zero-order chi connectivity index (χ0) is 13.5. The second-order valence-electron chi connectivity index (χ2n) is 6.31. The van der Waals surface area contributed by atoms with Gasteiger partial charge in [-0.05, 0) is 49.6 Å². The van der Waals surface area contributed by atoms with Crippen LogP contribution in [0.25, 0.3) is 0 Å². The molecule has 0 aromatic carbocycles. The molecule has 1 fully saturated rings. The third-order valence-electron chi connectivity index (χ3n) is 4.41. The van der Waals surface area contributed by atoms with E-state index >= 15 is 0 Å². The van der Waals surface area contributed by atoms with Crippen molar-refractivity contribution in [1.29, 1.82) is 0 Å². The Hall–Kier alpha value is -0.280. The maximum atomic E-state index is 11.9. The summed E-state index contributed by atoms with van der Waals surface area (Å²) < 4.78 is 0. The Kier molecular flexibility index (Phi) is 9.46. The molecule has 2 N–H and O–H groups in total. The summed E-state index contributed by atoms with van der Waals surface area (Å²) in [6.45, 7) is 11.8. The van der Waals surface area contributed by atoms with Crippen LogP contribution in [0.2, 0.25) is 0 Å². The van der Waals surface area contributed by atoms with Crippen LogP contribution in [0.3, 0.4) is 0 Å². The van der Waals surface area contributed by atoms with Crippen molar-refractivity contribution in [2.75, 3.05) is 19.6 Å². The van der Waals surface area contributed by atoms with E-state index in [2.05, 4.69) is 38.3 Å². The second-order valence-corrected chi connectivity index (χ2v) is 6.31. The first-order chi connectivity index (χ1) is 8.50. The van der Waals surface area contributed by atoms with Crippen LogP contribution in [-0.4, -0.2) is 25.5 Å². The van der Waals surface area contributed by atoms with E-state index in [1.807, 2.05) is 0 Å². The maximum absolute atomic E-state index is 11.9. The Morgan fingerprint density at radius 1 is 1.32 bits per heavy atom. The van der Waals surface area contributed by atoms with Gasteiger partial charge in [-0.25, -0.2) is 0 Å². The van der Waals surface area contributed by atoms with Crippen molar-refractivity contribution in [2.45, 2.75) is 47.0 Å². The van der Waals surface area contributed by atoms with Crippen molar-refractivity contribution in [3.05, 3.63) is 0 Å². The minimum absolute atomic E-state index is 0. The number of piperidine rings is 1. The van der Waals surface area contributed by atoms with E-state index in [-0.39, 0.29) is 18.3 Å². The molecule has 0 aromatic heterocycles. The quantitative estimate of drug-likeness (QED) is 0.790. The van der Waals surface area contributed by atoms with Gasteiger partial charge in [0.2, 0.25) is 5.91 Å². The molecule has 3 atom stereocenters. The van der Waals surface area contributed by atoms with Crippen LogP contribution in [0.4, 0.5) is 0 Å². The molecule has 1 amide bonds. The van der Waals surface area contributed by atoms with Gasteiger partial charge in [0.15, 0.2) is 0 Å². The van der Waals surface area contributed by atoms with Crippen LogP contribution < -0.4 is 10.6 Å². The number of carbonyl (C=O) groups excluding carboxylic acids is 1. The summed E-state index contributed by atoms with van der Waals surface area (Å²) in [7, 11) is 0. The zero-order valence-corrected chi connectivity index (χ0v) is 13.7. The van der Waals surface area contributed by atoms with E-state index in [9.17, 15) is 4.79 Å². The first kappa shape index (κ1) is 18.7. The number of hydrogen-bond acceptors (Lipinski definition) is 2. The Balaban J connectivity index is 0.00000324. The molecule has 1 aliphatic heterocycles. The van der Waals surface area contributed by atoms with Crippen molar-refractivity contribution in [3.8, 4) is 0 Å². The molecule has 3 unspecified atom stereocenters. The summed E-state index contributed by atoms with van der Waals surface area (Å²) in [5, 5.41) is 6.50. The Morgan fingerprint density at radius 2 is 2.00 bits per heavy atom. The van der Waals surface area contributed by atoms with Gasteiger partial charge < -0.3 is 10.6 Å². The summed E-state index contributed by atoms with van der Waals surface area (Å²) in [6, 6.07) is 0. The normalized spacial score (nSPS) is 22.5. The van der Waals surface area contributed by atoms with E-state index in [0.717, 1.165) is 19.6 Å². The molecule has 0 aliphatic carbocycles. The van der Waals surface area contributed by atoms with Crippen molar-refractivity contribution in [1.82, 2.24) is 10.6 Å². The molecule has 19 heavy (non-hydrogen) atoms. The van der Waals surface area contributed by atoms with Gasteiger partial charge in [-0.1, -0.05) is 27.7 Å². The number of nitrogens with one attached hydrogen (secondary N) is 2. The summed E-state index contributed by atoms with van der Waals surface area (Å²) in [6.07, 6.45) is 3.20. The predicted molar refractivity (Wildman–Crippen MR) is 83.6 cm³/mol. The van der Waals surface area contributed by atoms with Gasteiger partial charge in [-0.3, -0.25) is 4.79 Å². The third-order valence-corrected chi connectivity index (χ3v) is 4.41. The summed E-state index contributed by atoms with van der Waals surface area (Å²) in [4.78, 5) is 11.9. The van der Waals surface area contributed by atoms with E-state index < -0.39 is 0 Å². The van der Waals surface area contributed by atoms with Crippen molar-refractivity contribution in [3.63, 3.8) is 0 Å². The van der Waals surface area contributed by atoms with Crippen LogP contribution in [0.15, 0.2) is 0 Å². The lowest BCUT2D eigenvalue weighted by Crippen LogP contribution is -2.36. The fourth-order valence-electron chi connectivity index (χ4n) is 2.41. The highest BCUT2D eigenvalue weighted by Gasteiger charge is 2.22. The molecule has 114 valence electrons. The molecule has 1 heterocycles. The average Bonchev–Trinajstić information content (AvgIpc) is 2.36. The number of hydrogen-bond donors (Lipinski definition) is 2. The van der Waals surface area contributed by atoms with Gasteiger partial charge in [0.05, 0.1) is 0 Å². The minimum Gasteiger partial charge on any atom is -0.356 e. The lowest BCUT2D eigenvalue weighted by molar-refractivity contribution is -0.122. The molecule has 0 aromatic rings. The number of carbonyl (C=O) groups is 1. The van der Waals surface area contributed by atoms with Crippen molar-refractivity contribution < 1.29 is 4.79 Å². The first-order valence-corrected chi connectivity index (χ1v) is 7.48. The molecular weight excluding hydrogens is 260 g/mol. The van der Waals surface area contributed by atoms with E-state index in [1.54, 1.807) is 0 Å². The average molecular weight is 291 g/mol. The van der Waals surface area contributed by atoms with Gasteiger partial charge in [-0.15, -0.1) is 12.4 Å². The topological polar surface area (TPSA) is 41.1 Å². The second kappa shape index (κ2) is 9.60. The molecule has 3 nitrogen and oxygen atoms in total. The standard InChI is InChI=1S/C15H30N2O.ClH/c1-11(2)13(4)9-17-15(18)8-12(3)14-6-5-7-16-10-14;/h11-14,16H,5-10H2,1-4H3,(H,17,18);1H. The van der Waals surface area contributed by atoms with Gasteiger partial charge in [0.1, 0.15) is 0 Å². The molecule has 0 radical (unpaired) electrons. The van der Waals surface area contributed by atoms with E-state index in [1.165, 1.54) is 12.8 Å². The van der Waals surface area contributed by atoms with Crippen LogP contribution in [-0.2, 0) is 4.79 Å². The van der Waals surface area contributed by atoms with E-state index in [0.29, 0.717) is 30.1 Å². The first-order valence-electron chi connectivity index (χ1n) is 7.48. The zero-order valence-electron chi connectivity index (χ0n) is 12.9.